The van der Waals surface area contributed by atoms with Crippen molar-refractivity contribution in [1.29, 1.82) is 0 Å². The minimum Gasteiger partial charge on any atom is -0.480 e. The molecule has 98 valence electrons. The van der Waals surface area contributed by atoms with Gasteiger partial charge in [0, 0.05) is 6.92 Å². The molecule has 0 unspecified atom stereocenters. The monoisotopic (exact) mass is 251 g/mol. The van der Waals surface area contributed by atoms with Crippen LogP contribution in [0, 0.1) is 0 Å². The molecule has 0 spiro atoms. The molecule has 0 saturated heterocycles. The van der Waals surface area contributed by atoms with E-state index in [0.717, 1.165) is 5.56 Å². The molecule has 0 radical (unpaired) electrons. The van der Waals surface area contributed by atoms with Crippen LogP contribution < -0.4 is 5.32 Å². The Labute approximate surface area is 106 Å². The maximum absolute atomic E-state index is 10.9. The average molecular weight is 251 g/mol. The Morgan fingerprint density at radius 1 is 1.33 bits per heavy atom. The number of rotatable bonds is 6. The first-order valence-corrected chi connectivity index (χ1v) is 5.67. The van der Waals surface area contributed by atoms with Crippen molar-refractivity contribution in [3.05, 3.63) is 35.9 Å². The first-order valence-electron chi connectivity index (χ1n) is 5.67. The summed E-state index contributed by atoms with van der Waals surface area (Å²) in [7, 11) is 0. The fourth-order valence-electron chi connectivity index (χ4n) is 1.48. The van der Waals surface area contributed by atoms with Crippen molar-refractivity contribution < 1.29 is 19.4 Å². The summed E-state index contributed by atoms with van der Waals surface area (Å²) >= 11 is 0. The molecule has 0 aliphatic carbocycles. The number of hydrogen-bond donors (Lipinski definition) is 2. The van der Waals surface area contributed by atoms with E-state index < -0.39 is 17.9 Å². The second kappa shape index (κ2) is 6.76. The van der Waals surface area contributed by atoms with Crippen LogP contribution in [0.4, 0.5) is 0 Å². The molecule has 18 heavy (non-hydrogen) atoms. The van der Waals surface area contributed by atoms with E-state index in [2.05, 4.69) is 5.32 Å². The topological polar surface area (TPSA) is 75.6 Å². The second-order valence-electron chi connectivity index (χ2n) is 3.98. The molecule has 0 heterocycles. The van der Waals surface area contributed by atoms with Crippen LogP contribution in [0.3, 0.4) is 0 Å². The highest BCUT2D eigenvalue weighted by Crippen LogP contribution is 2.15. The number of hydrogen-bond acceptors (Lipinski definition) is 3. The van der Waals surface area contributed by atoms with Gasteiger partial charge in [0.1, 0.15) is 0 Å². The van der Waals surface area contributed by atoms with Gasteiger partial charge in [0.2, 0.25) is 5.91 Å². The van der Waals surface area contributed by atoms with Crippen LogP contribution in [0.25, 0.3) is 0 Å². The van der Waals surface area contributed by atoms with Gasteiger partial charge in [0.25, 0.3) is 0 Å². The first kappa shape index (κ1) is 14.2. The van der Waals surface area contributed by atoms with Gasteiger partial charge in [-0.1, -0.05) is 30.3 Å². The Morgan fingerprint density at radius 3 is 2.44 bits per heavy atom. The highest BCUT2D eigenvalue weighted by atomic mass is 16.5. The number of amides is 1. The van der Waals surface area contributed by atoms with E-state index in [9.17, 15) is 9.59 Å². The molecule has 1 aromatic carbocycles. The molecular weight excluding hydrogens is 234 g/mol. The number of aliphatic carboxylic acids is 1. The van der Waals surface area contributed by atoms with E-state index in [1.807, 2.05) is 37.3 Å². The Balaban J connectivity index is 2.52. The van der Waals surface area contributed by atoms with Gasteiger partial charge in [-0.15, -0.1) is 0 Å². The zero-order valence-electron chi connectivity index (χ0n) is 10.4. The van der Waals surface area contributed by atoms with Crippen LogP contribution in [0.15, 0.2) is 30.3 Å². The molecule has 1 amide bonds. The molecule has 2 N–H and O–H groups in total. The number of carboxylic acids is 1. The van der Waals surface area contributed by atoms with E-state index in [0.29, 0.717) is 0 Å². The Bertz CT molecular complexity index is 405. The van der Waals surface area contributed by atoms with Crippen LogP contribution in [-0.2, 0) is 14.3 Å². The van der Waals surface area contributed by atoms with E-state index in [-0.39, 0.29) is 12.7 Å². The minimum atomic E-state index is -1.11. The van der Waals surface area contributed by atoms with Crippen molar-refractivity contribution in [1.82, 2.24) is 5.32 Å². The number of ether oxygens (including phenoxy) is 1. The summed E-state index contributed by atoms with van der Waals surface area (Å²) in [5.74, 6) is -1.50. The minimum absolute atomic E-state index is 0.0645. The lowest BCUT2D eigenvalue weighted by molar-refractivity contribution is -0.144. The number of nitrogens with one attached hydrogen (secondary N) is 1. The molecule has 5 nitrogen and oxygen atoms in total. The molecule has 2 atom stereocenters. The van der Waals surface area contributed by atoms with Gasteiger partial charge in [0.05, 0.1) is 12.7 Å². The van der Waals surface area contributed by atoms with E-state index in [4.69, 9.17) is 9.84 Å². The average Bonchev–Trinajstić information content (AvgIpc) is 2.34. The van der Waals surface area contributed by atoms with E-state index >= 15 is 0 Å². The van der Waals surface area contributed by atoms with Crippen LogP contribution in [0.1, 0.15) is 25.5 Å². The van der Waals surface area contributed by atoms with Gasteiger partial charge in [-0.3, -0.25) is 4.79 Å². The SMILES string of the molecule is CC(=O)N[C@@H](CO[C@H](C)c1ccccc1)C(=O)O. The molecule has 5 heteroatoms. The smallest absolute Gasteiger partial charge is 0.328 e. The third kappa shape index (κ3) is 4.55. The Kier molecular flexibility index (Phi) is 5.32. The summed E-state index contributed by atoms with van der Waals surface area (Å²) in [6.45, 7) is 3.05. The van der Waals surface area contributed by atoms with Gasteiger partial charge in [-0.05, 0) is 12.5 Å². The molecule has 0 aromatic heterocycles. The van der Waals surface area contributed by atoms with E-state index in [1.54, 1.807) is 0 Å². The summed E-state index contributed by atoms with van der Waals surface area (Å²) < 4.78 is 5.46. The molecular formula is C13H17NO4. The molecule has 1 rings (SSSR count). The Hall–Kier alpha value is -1.88. The number of carbonyl (C=O) groups is 2. The lowest BCUT2D eigenvalue weighted by Gasteiger charge is -2.18. The Morgan fingerprint density at radius 2 is 1.94 bits per heavy atom. The van der Waals surface area contributed by atoms with Gasteiger partial charge < -0.3 is 15.2 Å². The van der Waals surface area contributed by atoms with E-state index in [1.165, 1.54) is 6.92 Å². The fraction of sp³-hybridized carbons (Fsp3) is 0.385. The lowest BCUT2D eigenvalue weighted by atomic mass is 10.1. The fourth-order valence-corrected chi connectivity index (χ4v) is 1.48. The molecule has 1 aromatic rings. The maximum Gasteiger partial charge on any atom is 0.328 e. The van der Waals surface area contributed by atoms with Crippen molar-refractivity contribution in [3.8, 4) is 0 Å². The molecule has 0 bridgehead atoms. The predicted molar refractivity (Wildman–Crippen MR) is 66.0 cm³/mol. The quantitative estimate of drug-likeness (QED) is 0.800. The van der Waals surface area contributed by atoms with Crippen molar-refractivity contribution in [3.63, 3.8) is 0 Å². The van der Waals surface area contributed by atoms with Gasteiger partial charge >= 0.3 is 5.97 Å². The zero-order chi connectivity index (χ0) is 13.5. The summed E-state index contributed by atoms with van der Waals surface area (Å²) in [5.41, 5.74) is 0.962. The molecule has 0 fully saturated rings. The van der Waals surface area contributed by atoms with Crippen LogP contribution in [0.5, 0.6) is 0 Å². The van der Waals surface area contributed by atoms with Crippen molar-refractivity contribution in [2.45, 2.75) is 26.0 Å². The lowest BCUT2D eigenvalue weighted by Crippen LogP contribution is -2.43. The summed E-state index contributed by atoms with van der Waals surface area (Å²) in [5, 5.41) is 11.2. The predicted octanol–water partition coefficient (Wildman–Crippen LogP) is 1.35. The van der Waals surface area contributed by atoms with Gasteiger partial charge in [0.15, 0.2) is 6.04 Å². The molecule has 0 aliphatic rings. The largest absolute Gasteiger partial charge is 0.480 e. The van der Waals surface area contributed by atoms with Crippen LogP contribution in [-0.4, -0.2) is 29.6 Å². The third-order valence-electron chi connectivity index (χ3n) is 2.46. The third-order valence-corrected chi connectivity index (χ3v) is 2.46. The standard InChI is InChI=1S/C13H17NO4/c1-9(11-6-4-3-5-7-11)18-8-12(13(16)17)14-10(2)15/h3-7,9,12H,8H2,1-2H3,(H,14,15)(H,16,17)/t9-,12+/m1/s1. The second-order valence-corrected chi connectivity index (χ2v) is 3.98. The van der Waals surface area contributed by atoms with Gasteiger partial charge in [-0.2, -0.15) is 0 Å². The van der Waals surface area contributed by atoms with Gasteiger partial charge in [-0.25, -0.2) is 4.79 Å². The zero-order valence-corrected chi connectivity index (χ0v) is 10.4. The van der Waals surface area contributed by atoms with Crippen LogP contribution in [0.2, 0.25) is 0 Å². The summed E-state index contributed by atoms with van der Waals surface area (Å²) in [4.78, 5) is 21.7. The summed E-state index contributed by atoms with van der Waals surface area (Å²) in [6.07, 6.45) is -0.221. The maximum atomic E-state index is 10.9. The summed E-state index contributed by atoms with van der Waals surface area (Å²) in [6, 6.07) is 8.45. The number of benzene rings is 1. The van der Waals surface area contributed by atoms with Crippen molar-refractivity contribution in [2.24, 2.45) is 0 Å². The van der Waals surface area contributed by atoms with Crippen molar-refractivity contribution >= 4 is 11.9 Å². The molecule has 0 saturated carbocycles. The number of carbonyl (C=O) groups excluding carboxylic acids is 1. The number of carboxylic acid groups (broad SMARTS) is 1. The highest BCUT2D eigenvalue weighted by Gasteiger charge is 2.19. The molecule has 0 aliphatic heterocycles. The highest BCUT2D eigenvalue weighted by molar-refractivity contribution is 5.82. The van der Waals surface area contributed by atoms with Crippen molar-refractivity contribution in [2.75, 3.05) is 6.61 Å². The normalized spacial score (nSPS) is 13.7. The first-order chi connectivity index (χ1) is 8.50. The van der Waals surface area contributed by atoms with Crippen LogP contribution >= 0.6 is 0 Å².